The summed E-state index contributed by atoms with van der Waals surface area (Å²) in [5.41, 5.74) is 1.30. The zero-order valence-corrected chi connectivity index (χ0v) is 13.1. The summed E-state index contributed by atoms with van der Waals surface area (Å²) < 4.78 is 23.6. The van der Waals surface area contributed by atoms with E-state index in [1.807, 2.05) is 0 Å². The van der Waals surface area contributed by atoms with Crippen LogP contribution in [-0.2, 0) is 0 Å². The number of aryl methyl sites for hydroxylation is 1. The van der Waals surface area contributed by atoms with Crippen LogP contribution in [0.1, 0.15) is 15.9 Å². The lowest BCUT2D eigenvalue weighted by Gasteiger charge is -2.14. The van der Waals surface area contributed by atoms with Gasteiger partial charge in [0.1, 0.15) is 17.3 Å². The summed E-state index contributed by atoms with van der Waals surface area (Å²) in [7, 11) is 2.93. The number of carbonyl (C=O) groups excluding carboxylic acids is 1. The van der Waals surface area contributed by atoms with Gasteiger partial charge in [-0.1, -0.05) is 17.7 Å². The maximum absolute atomic E-state index is 13.3. The maximum atomic E-state index is 13.3. The van der Waals surface area contributed by atoms with Crippen molar-refractivity contribution in [2.75, 3.05) is 19.5 Å². The minimum absolute atomic E-state index is 0.246. The van der Waals surface area contributed by atoms with Gasteiger partial charge in [0.05, 0.1) is 24.9 Å². The van der Waals surface area contributed by atoms with Crippen LogP contribution in [0.2, 0.25) is 5.02 Å². The molecule has 0 aliphatic carbocycles. The second-order valence-electron chi connectivity index (χ2n) is 4.60. The first-order valence-electron chi connectivity index (χ1n) is 6.45. The van der Waals surface area contributed by atoms with E-state index in [4.69, 9.17) is 21.1 Å². The van der Waals surface area contributed by atoms with Crippen LogP contribution < -0.4 is 14.8 Å². The first kappa shape index (κ1) is 16.1. The minimum Gasteiger partial charge on any atom is -0.495 e. The highest BCUT2D eigenvalue weighted by Gasteiger charge is 2.15. The molecule has 0 saturated heterocycles. The lowest BCUT2D eigenvalue weighted by molar-refractivity contribution is 0.102. The quantitative estimate of drug-likeness (QED) is 0.923. The minimum atomic E-state index is -0.476. The molecule has 0 atom stereocenters. The summed E-state index contributed by atoms with van der Waals surface area (Å²) in [6.45, 7) is 1.73. The molecule has 0 aliphatic rings. The normalized spacial score (nSPS) is 10.2. The highest BCUT2D eigenvalue weighted by Crippen LogP contribution is 2.36. The van der Waals surface area contributed by atoms with E-state index in [2.05, 4.69) is 5.32 Å². The predicted molar refractivity (Wildman–Crippen MR) is 83.6 cm³/mol. The number of carbonyl (C=O) groups is 1. The van der Waals surface area contributed by atoms with Gasteiger partial charge in [-0.15, -0.1) is 0 Å². The summed E-state index contributed by atoms with van der Waals surface area (Å²) in [5.74, 6) is -0.141. The number of rotatable bonds is 4. The summed E-state index contributed by atoms with van der Waals surface area (Å²) >= 11 is 6.01. The molecule has 0 fully saturated rings. The van der Waals surface area contributed by atoms with Crippen molar-refractivity contribution in [1.82, 2.24) is 0 Å². The number of methoxy groups -OCH3 is 2. The monoisotopic (exact) mass is 323 g/mol. The molecule has 0 unspecified atom stereocenters. The Morgan fingerprint density at radius 1 is 1.14 bits per heavy atom. The lowest BCUT2D eigenvalue weighted by Crippen LogP contribution is -2.14. The first-order chi connectivity index (χ1) is 10.5. The molecular formula is C16H15ClFNO3. The number of ether oxygens (including phenoxy) is 2. The molecule has 22 heavy (non-hydrogen) atoms. The van der Waals surface area contributed by atoms with Crippen molar-refractivity contribution in [3.05, 3.63) is 52.3 Å². The summed E-state index contributed by atoms with van der Waals surface area (Å²) in [6, 6.07) is 7.12. The standard InChI is InChI=1S/C16H15ClFNO3/c1-9-4-5-10(18)6-11(9)16(20)19-13-8-14(21-2)12(17)7-15(13)22-3/h4-8H,1-3H3,(H,19,20). The van der Waals surface area contributed by atoms with Gasteiger partial charge in [0.15, 0.2) is 0 Å². The lowest BCUT2D eigenvalue weighted by atomic mass is 10.1. The van der Waals surface area contributed by atoms with Crippen molar-refractivity contribution in [1.29, 1.82) is 0 Å². The Hall–Kier alpha value is -2.27. The third kappa shape index (κ3) is 3.31. The number of anilines is 1. The molecule has 0 bridgehead atoms. The number of benzene rings is 2. The molecule has 116 valence electrons. The molecule has 6 heteroatoms. The van der Waals surface area contributed by atoms with Crippen molar-refractivity contribution in [3.63, 3.8) is 0 Å². The molecule has 0 heterocycles. The van der Waals surface area contributed by atoms with Crippen LogP contribution in [0.3, 0.4) is 0 Å². The topological polar surface area (TPSA) is 47.6 Å². The Kier molecular flexibility index (Phi) is 4.88. The summed E-state index contributed by atoms with van der Waals surface area (Å²) in [6.07, 6.45) is 0. The van der Waals surface area contributed by atoms with Crippen LogP contribution in [0, 0.1) is 12.7 Å². The highest BCUT2D eigenvalue weighted by atomic mass is 35.5. The van der Waals surface area contributed by atoms with Crippen molar-refractivity contribution >= 4 is 23.2 Å². The van der Waals surface area contributed by atoms with Gasteiger partial charge in [0.2, 0.25) is 0 Å². The van der Waals surface area contributed by atoms with E-state index >= 15 is 0 Å². The largest absolute Gasteiger partial charge is 0.495 e. The molecule has 0 radical (unpaired) electrons. The second kappa shape index (κ2) is 6.66. The Morgan fingerprint density at radius 3 is 2.45 bits per heavy atom. The van der Waals surface area contributed by atoms with Gasteiger partial charge in [0, 0.05) is 17.7 Å². The Morgan fingerprint density at radius 2 is 1.82 bits per heavy atom. The average Bonchev–Trinajstić information content (AvgIpc) is 2.50. The van der Waals surface area contributed by atoms with Gasteiger partial charge in [-0.3, -0.25) is 4.79 Å². The van der Waals surface area contributed by atoms with Crippen LogP contribution in [0.25, 0.3) is 0 Å². The fourth-order valence-corrected chi connectivity index (χ4v) is 2.22. The predicted octanol–water partition coefficient (Wildman–Crippen LogP) is 4.06. The molecule has 1 N–H and O–H groups in total. The van der Waals surface area contributed by atoms with E-state index < -0.39 is 11.7 Å². The number of nitrogens with one attached hydrogen (secondary N) is 1. The Labute approximate surface area is 132 Å². The van der Waals surface area contributed by atoms with Gasteiger partial charge in [-0.05, 0) is 24.6 Å². The van der Waals surface area contributed by atoms with E-state index in [0.29, 0.717) is 27.8 Å². The molecule has 2 aromatic rings. The van der Waals surface area contributed by atoms with Crippen molar-refractivity contribution in [2.45, 2.75) is 6.92 Å². The molecule has 0 aliphatic heterocycles. The van der Waals surface area contributed by atoms with E-state index in [1.54, 1.807) is 19.1 Å². The van der Waals surface area contributed by atoms with Crippen molar-refractivity contribution < 1.29 is 18.7 Å². The molecule has 1 amide bonds. The van der Waals surface area contributed by atoms with Gasteiger partial charge in [-0.25, -0.2) is 4.39 Å². The zero-order chi connectivity index (χ0) is 16.3. The number of amides is 1. The molecule has 0 saturated carbocycles. The molecular weight excluding hydrogens is 309 g/mol. The van der Waals surface area contributed by atoms with Crippen LogP contribution >= 0.6 is 11.6 Å². The summed E-state index contributed by atoms with van der Waals surface area (Å²) in [4.78, 5) is 12.3. The Balaban J connectivity index is 2.37. The first-order valence-corrected chi connectivity index (χ1v) is 6.83. The van der Waals surface area contributed by atoms with E-state index in [9.17, 15) is 9.18 Å². The molecule has 4 nitrogen and oxygen atoms in total. The van der Waals surface area contributed by atoms with Crippen LogP contribution in [-0.4, -0.2) is 20.1 Å². The fraction of sp³-hybridized carbons (Fsp3) is 0.188. The van der Waals surface area contributed by atoms with Crippen LogP contribution in [0.4, 0.5) is 10.1 Å². The average molecular weight is 324 g/mol. The van der Waals surface area contributed by atoms with Crippen molar-refractivity contribution in [2.24, 2.45) is 0 Å². The highest BCUT2D eigenvalue weighted by molar-refractivity contribution is 6.32. The van der Waals surface area contributed by atoms with Gasteiger partial charge in [-0.2, -0.15) is 0 Å². The number of hydrogen-bond donors (Lipinski definition) is 1. The smallest absolute Gasteiger partial charge is 0.256 e. The SMILES string of the molecule is COc1cc(NC(=O)c2cc(F)ccc2C)c(OC)cc1Cl. The zero-order valence-electron chi connectivity index (χ0n) is 12.4. The van der Waals surface area contributed by atoms with Crippen molar-refractivity contribution in [3.8, 4) is 11.5 Å². The van der Waals surface area contributed by atoms with E-state index in [-0.39, 0.29) is 5.56 Å². The molecule has 2 rings (SSSR count). The molecule has 0 aromatic heterocycles. The molecule has 2 aromatic carbocycles. The van der Waals surface area contributed by atoms with Gasteiger partial charge < -0.3 is 14.8 Å². The Bertz CT molecular complexity index is 719. The number of halogens is 2. The van der Waals surface area contributed by atoms with E-state index in [1.165, 1.54) is 32.4 Å². The van der Waals surface area contributed by atoms with Gasteiger partial charge >= 0.3 is 0 Å². The van der Waals surface area contributed by atoms with Gasteiger partial charge in [0.25, 0.3) is 5.91 Å². The summed E-state index contributed by atoms with van der Waals surface area (Å²) in [5, 5.41) is 3.04. The number of hydrogen-bond acceptors (Lipinski definition) is 3. The van der Waals surface area contributed by atoms with E-state index in [0.717, 1.165) is 0 Å². The third-order valence-corrected chi connectivity index (χ3v) is 3.46. The second-order valence-corrected chi connectivity index (χ2v) is 5.01. The van der Waals surface area contributed by atoms with Crippen LogP contribution in [0.5, 0.6) is 11.5 Å². The van der Waals surface area contributed by atoms with Crippen LogP contribution in [0.15, 0.2) is 30.3 Å². The fourth-order valence-electron chi connectivity index (χ4n) is 1.99. The maximum Gasteiger partial charge on any atom is 0.256 e. The third-order valence-electron chi connectivity index (χ3n) is 3.17. The molecule has 0 spiro atoms.